The molecule has 3 aliphatic heterocycles. The fraction of sp³-hybridized carbons (Fsp3) is 0.395. The fourth-order valence-electron chi connectivity index (χ4n) is 9.07. The lowest BCUT2D eigenvalue weighted by molar-refractivity contribution is -0.134. The number of anilines is 1. The van der Waals surface area contributed by atoms with Crippen LogP contribution in [-0.2, 0) is 22.6 Å². The molecular weight excluding hydrogens is 620 g/mol. The largest absolute Gasteiger partial charge is 0.508 e. The number of benzene rings is 4. The Labute approximate surface area is 295 Å². The normalized spacial score (nSPS) is 23.8. The van der Waals surface area contributed by atoms with Crippen LogP contribution in [0.15, 0.2) is 97.1 Å². The topological polar surface area (TPSA) is 76.1 Å². The molecule has 3 fully saturated rings. The summed E-state index contributed by atoms with van der Waals surface area (Å²) in [6.45, 7) is 7.46. The van der Waals surface area contributed by atoms with Gasteiger partial charge >= 0.3 is 0 Å². The summed E-state index contributed by atoms with van der Waals surface area (Å²) in [5, 5.41) is 12.7. The summed E-state index contributed by atoms with van der Waals surface area (Å²) in [6.07, 6.45) is 5.46. The number of piperazine rings is 1. The van der Waals surface area contributed by atoms with Gasteiger partial charge in [-0.05, 0) is 95.7 Å². The minimum atomic E-state index is -0.222. The lowest BCUT2D eigenvalue weighted by atomic mass is 9.69. The van der Waals surface area contributed by atoms with E-state index in [0.29, 0.717) is 30.6 Å². The molecule has 0 spiro atoms. The number of imide groups is 1. The Morgan fingerprint density at radius 1 is 0.680 bits per heavy atom. The van der Waals surface area contributed by atoms with Crippen LogP contribution in [0.25, 0.3) is 0 Å². The Hall–Kier alpha value is -4.46. The van der Waals surface area contributed by atoms with Crippen LogP contribution in [0.1, 0.15) is 83.2 Å². The van der Waals surface area contributed by atoms with Crippen molar-refractivity contribution in [2.45, 2.75) is 68.9 Å². The zero-order chi connectivity index (χ0) is 34.0. The third-order valence-corrected chi connectivity index (χ3v) is 11.8. The third-order valence-electron chi connectivity index (χ3n) is 11.8. The van der Waals surface area contributed by atoms with E-state index in [1.54, 1.807) is 0 Å². The molecule has 1 aliphatic carbocycles. The molecule has 3 heterocycles. The second kappa shape index (κ2) is 14.4. The predicted octanol–water partition coefficient (Wildman–Crippen LogP) is 6.56. The van der Waals surface area contributed by atoms with Gasteiger partial charge in [0.15, 0.2) is 0 Å². The Morgan fingerprint density at radius 2 is 1.40 bits per heavy atom. The second-order valence-electron chi connectivity index (χ2n) is 14.8. The number of piperidine rings is 2. The highest BCUT2D eigenvalue weighted by Gasteiger charge is 2.33. The first-order valence-electron chi connectivity index (χ1n) is 18.6. The van der Waals surface area contributed by atoms with Gasteiger partial charge in [-0.25, -0.2) is 0 Å². The first kappa shape index (κ1) is 32.7. The molecule has 8 rings (SSSR count). The standard InChI is InChI=1S/C43H48N4O3/c48-37-15-17-39-34(28-37)12-16-38(31-4-2-1-3-5-31)42(39)33-10-13-35(14-11-33)46-22-20-36(21-23-46)47-26-24-45(25-27-47)29-30-6-8-32(9-7-30)40-18-19-41(49)44-43(40)50/h1-11,13-15,17,28,36,38,40,42,48H,12,16,18-27,29H2,(H,44,49,50). The van der Waals surface area contributed by atoms with Crippen LogP contribution in [0, 0.1) is 0 Å². The first-order valence-corrected chi connectivity index (χ1v) is 18.6. The number of carbonyl (C=O) groups is 2. The van der Waals surface area contributed by atoms with E-state index >= 15 is 0 Å². The highest BCUT2D eigenvalue weighted by atomic mass is 16.3. The highest BCUT2D eigenvalue weighted by Crippen LogP contribution is 2.47. The van der Waals surface area contributed by atoms with Crippen molar-refractivity contribution in [3.8, 4) is 5.75 Å². The van der Waals surface area contributed by atoms with Gasteiger partial charge in [0.25, 0.3) is 0 Å². The van der Waals surface area contributed by atoms with E-state index < -0.39 is 0 Å². The molecule has 50 heavy (non-hydrogen) atoms. The molecule has 7 nitrogen and oxygen atoms in total. The molecule has 4 aromatic rings. The van der Waals surface area contributed by atoms with Crippen LogP contribution in [0.3, 0.4) is 0 Å². The van der Waals surface area contributed by atoms with Crippen molar-refractivity contribution in [1.82, 2.24) is 15.1 Å². The quantitative estimate of drug-likeness (QED) is 0.217. The molecule has 2 amide bonds. The second-order valence-corrected chi connectivity index (χ2v) is 14.8. The van der Waals surface area contributed by atoms with E-state index in [2.05, 4.69) is 105 Å². The molecule has 3 unspecified atom stereocenters. The van der Waals surface area contributed by atoms with E-state index in [-0.39, 0.29) is 23.7 Å². The van der Waals surface area contributed by atoms with Crippen LogP contribution in [0.4, 0.5) is 5.69 Å². The number of hydrogen-bond donors (Lipinski definition) is 2. The van der Waals surface area contributed by atoms with Gasteiger partial charge in [0.05, 0.1) is 5.92 Å². The van der Waals surface area contributed by atoms with Gasteiger partial charge in [-0.15, -0.1) is 0 Å². The molecule has 0 saturated carbocycles. The van der Waals surface area contributed by atoms with Gasteiger partial charge in [0, 0.05) is 69.9 Å². The molecular formula is C43H48N4O3. The van der Waals surface area contributed by atoms with E-state index in [1.807, 2.05) is 12.1 Å². The smallest absolute Gasteiger partial charge is 0.234 e. The molecule has 0 radical (unpaired) electrons. The molecule has 0 bridgehead atoms. The van der Waals surface area contributed by atoms with Crippen LogP contribution in [0.5, 0.6) is 5.75 Å². The number of carbonyl (C=O) groups excluding carboxylic acids is 2. The Kier molecular flexibility index (Phi) is 9.43. The summed E-state index contributed by atoms with van der Waals surface area (Å²) in [5.74, 6) is 0.492. The number of phenolic OH excluding ortho intramolecular Hbond substituents is 1. The number of nitrogens with zero attached hydrogens (tertiary/aromatic N) is 3. The van der Waals surface area contributed by atoms with Gasteiger partial charge in [0.1, 0.15) is 5.75 Å². The van der Waals surface area contributed by atoms with Crippen molar-refractivity contribution in [3.63, 3.8) is 0 Å². The molecule has 4 aromatic carbocycles. The van der Waals surface area contributed by atoms with Crippen molar-refractivity contribution in [1.29, 1.82) is 0 Å². The Bertz CT molecular complexity index is 1790. The predicted molar refractivity (Wildman–Crippen MR) is 198 cm³/mol. The summed E-state index contributed by atoms with van der Waals surface area (Å²) in [6, 6.07) is 35.3. The SMILES string of the molecule is O=C1CCC(c2ccc(CN3CCN(C4CCN(c5ccc(C6c7ccc(O)cc7CCC6c6ccccc6)cc5)CC4)CC3)cc2)C(=O)N1. The molecule has 3 saturated heterocycles. The molecule has 4 aliphatic rings. The summed E-state index contributed by atoms with van der Waals surface area (Å²) in [7, 11) is 0. The number of hydrogen-bond acceptors (Lipinski definition) is 6. The number of fused-ring (bicyclic) bond motifs is 1. The zero-order valence-corrected chi connectivity index (χ0v) is 28.8. The molecule has 258 valence electrons. The third kappa shape index (κ3) is 6.94. The molecule has 0 aromatic heterocycles. The van der Waals surface area contributed by atoms with Crippen molar-refractivity contribution in [3.05, 3.63) is 130 Å². The van der Waals surface area contributed by atoms with Crippen molar-refractivity contribution in [2.24, 2.45) is 0 Å². The molecule has 7 heteroatoms. The van der Waals surface area contributed by atoms with Crippen molar-refractivity contribution < 1.29 is 14.7 Å². The average molecular weight is 669 g/mol. The number of aromatic hydroxyl groups is 1. The van der Waals surface area contributed by atoms with Gasteiger partial charge in [0.2, 0.25) is 11.8 Å². The summed E-state index contributed by atoms with van der Waals surface area (Å²) in [5.41, 5.74) is 8.96. The van der Waals surface area contributed by atoms with E-state index in [4.69, 9.17) is 0 Å². The number of amides is 2. The van der Waals surface area contributed by atoms with Gasteiger partial charge in [-0.2, -0.15) is 0 Å². The monoisotopic (exact) mass is 668 g/mol. The number of rotatable bonds is 7. The van der Waals surface area contributed by atoms with Gasteiger partial charge < -0.3 is 10.0 Å². The van der Waals surface area contributed by atoms with Crippen molar-refractivity contribution in [2.75, 3.05) is 44.2 Å². The molecule has 2 N–H and O–H groups in total. The first-order chi connectivity index (χ1) is 24.5. The minimum absolute atomic E-state index is 0.166. The van der Waals surface area contributed by atoms with Crippen molar-refractivity contribution >= 4 is 17.5 Å². The maximum Gasteiger partial charge on any atom is 0.234 e. The van der Waals surface area contributed by atoms with E-state index in [0.717, 1.165) is 64.2 Å². The van der Waals surface area contributed by atoms with Crippen LogP contribution >= 0.6 is 0 Å². The van der Waals surface area contributed by atoms with E-state index in [9.17, 15) is 14.7 Å². The summed E-state index contributed by atoms with van der Waals surface area (Å²) >= 11 is 0. The summed E-state index contributed by atoms with van der Waals surface area (Å²) in [4.78, 5) is 31.6. The molecule has 3 atom stereocenters. The highest BCUT2D eigenvalue weighted by molar-refractivity contribution is 6.00. The number of phenols is 1. The lowest BCUT2D eigenvalue weighted by Crippen LogP contribution is -2.53. The minimum Gasteiger partial charge on any atom is -0.508 e. The fourth-order valence-corrected chi connectivity index (χ4v) is 9.07. The van der Waals surface area contributed by atoms with Crippen LogP contribution < -0.4 is 10.2 Å². The average Bonchev–Trinajstić information content (AvgIpc) is 3.16. The lowest BCUT2D eigenvalue weighted by Gasteiger charge is -2.43. The van der Waals surface area contributed by atoms with Gasteiger partial charge in [-0.3, -0.25) is 24.7 Å². The Balaban J connectivity index is 0.846. The maximum atomic E-state index is 12.3. The number of aryl methyl sites for hydroxylation is 1. The Morgan fingerprint density at radius 3 is 2.12 bits per heavy atom. The summed E-state index contributed by atoms with van der Waals surface area (Å²) < 4.78 is 0. The van der Waals surface area contributed by atoms with Crippen LogP contribution in [0.2, 0.25) is 0 Å². The van der Waals surface area contributed by atoms with Gasteiger partial charge in [-0.1, -0.05) is 72.8 Å². The number of nitrogens with one attached hydrogen (secondary N) is 1. The van der Waals surface area contributed by atoms with E-state index in [1.165, 1.54) is 46.3 Å². The maximum absolute atomic E-state index is 12.3. The van der Waals surface area contributed by atoms with Crippen LogP contribution in [-0.4, -0.2) is 72.0 Å². The zero-order valence-electron chi connectivity index (χ0n) is 28.8.